The van der Waals surface area contributed by atoms with Crippen LogP contribution in [0, 0.1) is 13.8 Å². The quantitative estimate of drug-likeness (QED) is 0.572. The number of nitrogens with zero attached hydrogens (tertiary/aromatic N) is 5. The Bertz CT molecular complexity index is 1160. The van der Waals surface area contributed by atoms with Crippen LogP contribution in [-0.4, -0.2) is 24.3 Å². The number of benzene rings is 2. The van der Waals surface area contributed by atoms with Gasteiger partial charge >= 0.3 is 0 Å². The van der Waals surface area contributed by atoms with E-state index in [1.165, 1.54) is 0 Å². The molecule has 0 aliphatic rings. The van der Waals surface area contributed by atoms with Gasteiger partial charge in [-0.1, -0.05) is 24.3 Å². The number of para-hydroxylation sites is 1. The lowest BCUT2D eigenvalue weighted by Crippen LogP contribution is -2.26. The Morgan fingerprint density at radius 3 is 2.65 bits per heavy atom. The van der Waals surface area contributed by atoms with Gasteiger partial charge in [0.25, 0.3) is 5.56 Å². The third-order valence-electron chi connectivity index (χ3n) is 4.47. The van der Waals surface area contributed by atoms with Crippen LogP contribution in [0.4, 0.5) is 0 Å². The minimum absolute atomic E-state index is 0.0838. The van der Waals surface area contributed by atoms with Gasteiger partial charge in [-0.15, -0.1) is 0 Å². The normalized spacial score (nSPS) is 12.4. The molecule has 1 atom stereocenters. The van der Waals surface area contributed by atoms with Crippen LogP contribution in [0.3, 0.4) is 0 Å². The van der Waals surface area contributed by atoms with Gasteiger partial charge in [-0.2, -0.15) is 5.10 Å². The second-order valence-corrected chi connectivity index (χ2v) is 6.42. The molecule has 6 heteroatoms. The van der Waals surface area contributed by atoms with Crippen molar-refractivity contribution in [2.45, 2.75) is 26.8 Å². The van der Waals surface area contributed by atoms with Crippen molar-refractivity contribution in [3.05, 3.63) is 82.4 Å². The fraction of sp³-hybridized carbons (Fsp3) is 0.200. The Labute approximate surface area is 150 Å². The largest absolute Gasteiger partial charge is 0.288 e. The highest BCUT2D eigenvalue weighted by Crippen LogP contribution is 2.20. The standard InChI is InChI=1S/C20H19N5O/c1-13-7-6-8-16(11-13)25-19(22-15(3)23-25)14(2)24-12-21-18-10-5-4-9-17(18)20(24)26/h4-12,14H,1-3H3. The maximum Gasteiger partial charge on any atom is 0.261 e. The second kappa shape index (κ2) is 6.22. The highest BCUT2D eigenvalue weighted by Gasteiger charge is 2.20. The first-order chi connectivity index (χ1) is 12.5. The van der Waals surface area contributed by atoms with Gasteiger partial charge in [0.1, 0.15) is 5.82 Å². The minimum atomic E-state index is -0.304. The summed E-state index contributed by atoms with van der Waals surface area (Å²) >= 11 is 0. The van der Waals surface area contributed by atoms with Gasteiger partial charge in [0.05, 0.1) is 29.0 Å². The van der Waals surface area contributed by atoms with Gasteiger partial charge in [0, 0.05) is 0 Å². The van der Waals surface area contributed by atoms with E-state index in [1.54, 1.807) is 21.6 Å². The van der Waals surface area contributed by atoms with Gasteiger partial charge in [-0.3, -0.25) is 9.36 Å². The van der Waals surface area contributed by atoms with Crippen LogP contribution in [0.25, 0.3) is 16.6 Å². The molecule has 130 valence electrons. The van der Waals surface area contributed by atoms with Crippen molar-refractivity contribution >= 4 is 10.9 Å². The highest BCUT2D eigenvalue weighted by molar-refractivity contribution is 5.76. The van der Waals surface area contributed by atoms with Crippen LogP contribution in [0.15, 0.2) is 59.7 Å². The van der Waals surface area contributed by atoms with E-state index in [0.29, 0.717) is 22.6 Å². The molecular weight excluding hydrogens is 326 g/mol. The van der Waals surface area contributed by atoms with E-state index < -0.39 is 0 Å². The first-order valence-electron chi connectivity index (χ1n) is 8.51. The average molecular weight is 345 g/mol. The molecule has 2 heterocycles. The average Bonchev–Trinajstić information content (AvgIpc) is 3.04. The van der Waals surface area contributed by atoms with E-state index in [0.717, 1.165) is 11.3 Å². The second-order valence-electron chi connectivity index (χ2n) is 6.42. The molecular formula is C20H19N5O. The zero-order chi connectivity index (χ0) is 18.3. The van der Waals surface area contributed by atoms with Crippen molar-refractivity contribution in [1.29, 1.82) is 0 Å². The summed E-state index contributed by atoms with van der Waals surface area (Å²) in [4.78, 5) is 21.9. The van der Waals surface area contributed by atoms with E-state index in [4.69, 9.17) is 0 Å². The Morgan fingerprint density at radius 1 is 1.04 bits per heavy atom. The molecule has 0 aliphatic carbocycles. The van der Waals surface area contributed by atoms with Crippen LogP contribution in [-0.2, 0) is 0 Å². The van der Waals surface area contributed by atoms with E-state index in [-0.39, 0.29) is 11.6 Å². The lowest BCUT2D eigenvalue weighted by atomic mass is 10.2. The lowest BCUT2D eigenvalue weighted by molar-refractivity contribution is 0.557. The molecule has 26 heavy (non-hydrogen) atoms. The van der Waals surface area contributed by atoms with Gasteiger partial charge in [0.15, 0.2) is 5.82 Å². The van der Waals surface area contributed by atoms with Crippen LogP contribution < -0.4 is 5.56 Å². The minimum Gasteiger partial charge on any atom is -0.288 e. The molecule has 0 saturated carbocycles. The molecule has 0 spiro atoms. The van der Waals surface area contributed by atoms with Crippen molar-refractivity contribution in [3.63, 3.8) is 0 Å². The third-order valence-corrected chi connectivity index (χ3v) is 4.47. The Kier molecular flexibility index (Phi) is 3.88. The molecule has 4 aromatic rings. The molecule has 0 amide bonds. The van der Waals surface area contributed by atoms with Gasteiger partial charge in [-0.05, 0) is 50.6 Å². The van der Waals surface area contributed by atoms with Crippen molar-refractivity contribution < 1.29 is 0 Å². The summed E-state index contributed by atoms with van der Waals surface area (Å²) in [5.74, 6) is 1.36. The van der Waals surface area contributed by atoms with Gasteiger partial charge in [0.2, 0.25) is 0 Å². The molecule has 0 radical (unpaired) electrons. The van der Waals surface area contributed by atoms with Crippen LogP contribution in [0.2, 0.25) is 0 Å². The molecule has 0 N–H and O–H groups in total. The van der Waals surface area contributed by atoms with Crippen molar-refractivity contribution in [3.8, 4) is 5.69 Å². The van der Waals surface area contributed by atoms with Gasteiger partial charge in [-0.25, -0.2) is 14.6 Å². The Hall–Kier alpha value is -3.28. The summed E-state index contributed by atoms with van der Waals surface area (Å²) < 4.78 is 3.41. The molecule has 4 rings (SSSR count). The summed E-state index contributed by atoms with van der Waals surface area (Å²) in [6, 6.07) is 15.1. The first-order valence-corrected chi connectivity index (χ1v) is 8.51. The molecule has 0 saturated heterocycles. The van der Waals surface area contributed by atoms with Crippen LogP contribution in [0.1, 0.15) is 30.2 Å². The fourth-order valence-electron chi connectivity index (χ4n) is 3.13. The smallest absolute Gasteiger partial charge is 0.261 e. The molecule has 2 aromatic carbocycles. The van der Waals surface area contributed by atoms with Crippen molar-refractivity contribution in [2.75, 3.05) is 0 Å². The van der Waals surface area contributed by atoms with Crippen LogP contribution >= 0.6 is 0 Å². The molecule has 6 nitrogen and oxygen atoms in total. The van der Waals surface area contributed by atoms with E-state index in [2.05, 4.69) is 15.1 Å². The lowest BCUT2D eigenvalue weighted by Gasteiger charge is -2.16. The number of aromatic nitrogens is 5. The maximum atomic E-state index is 12.9. The first kappa shape index (κ1) is 16.2. The Morgan fingerprint density at radius 2 is 1.85 bits per heavy atom. The van der Waals surface area contributed by atoms with E-state index in [9.17, 15) is 4.79 Å². The number of hydrogen-bond donors (Lipinski definition) is 0. The van der Waals surface area contributed by atoms with E-state index >= 15 is 0 Å². The summed E-state index contributed by atoms with van der Waals surface area (Å²) in [6.45, 7) is 5.83. The third kappa shape index (κ3) is 2.69. The number of fused-ring (bicyclic) bond motifs is 1. The highest BCUT2D eigenvalue weighted by atomic mass is 16.1. The molecule has 0 bridgehead atoms. The number of aryl methyl sites for hydroxylation is 2. The van der Waals surface area contributed by atoms with Crippen molar-refractivity contribution in [1.82, 2.24) is 24.3 Å². The molecule has 0 fully saturated rings. The fourth-order valence-corrected chi connectivity index (χ4v) is 3.13. The monoisotopic (exact) mass is 345 g/mol. The van der Waals surface area contributed by atoms with Crippen molar-refractivity contribution in [2.24, 2.45) is 0 Å². The summed E-state index contributed by atoms with van der Waals surface area (Å²) in [5.41, 5.74) is 2.67. The summed E-state index contributed by atoms with van der Waals surface area (Å²) in [6.07, 6.45) is 1.58. The topological polar surface area (TPSA) is 65.6 Å². The molecule has 0 aliphatic heterocycles. The Balaban J connectivity index is 1.87. The summed E-state index contributed by atoms with van der Waals surface area (Å²) in [5, 5.41) is 5.13. The summed E-state index contributed by atoms with van der Waals surface area (Å²) in [7, 11) is 0. The number of rotatable bonds is 3. The van der Waals surface area contributed by atoms with Gasteiger partial charge < -0.3 is 0 Å². The zero-order valence-electron chi connectivity index (χ0n) is 14.9. The van der Waals surface area contributed by atoms with E-state index in [1.807, 2.05) is 63.2 Å². The molecule has 2 aromatic heterocycles. The van der Waals surface area contributed by atoms with Crippen LogP contribution in [0.5, 0.6) is 0 Å². The predicted molar refractivity (Wildman–Crippen MR) is 101 cm³/mol. The number of hydrogen-bond acceptors (Lipinski definition) is 4. The maximum absolute atomic E-state index is 12.9. The molecule has 1 unspecified atom stereocenters. The predicted octanol–water partition coefficient (Wildman–Crippen LogP) is 3.20. The SMILES string of the molecule is Cc1cccc(-n2nc(C)nc2C(C)n2cnc3ccccc3c2=O)c1. The zero-order valence-corrected chi connectivity index (χ0v) is 14.9.